The molecule has 0 bridgehead atoms. The Kier molecular flexibility index (Phi) is 6.20. The van der Waals surface area contributed by atoms with Crippen LogP contribution in [-0.4, -0.2) is 29.4 Å². The number of anilines is 2. The lowest BCUT2D eigenvalue weighted by molar-refractivity contribution is 0.558. The fourth-order valence-electron chi connectivity index (χ4n) is 5.30. The van der Waals surface area contributed by atoms with Crippen molar-refractivity contribution in [3.05, 3.63) is 70.4 Å². The summed E-state index contributed by atoms with van der Waals surface area (Å²) in [5.74, 6) is 0.639. The second kappa shape index (κ2) is 9.04. The molecule has 0 spiro atoms. The molecule has 2 unspecified atom stereocenters. The van der Waals surface area contributed by atoms with Gasteiger partial charge in [0.1, 0.15) is 0 Å². The summed E-state index contributed by atoms with van der Waals surface area (Å²) < 4.78 is 39.6. The van der Waals surface area contributed by atoms with Crippen molar-refractivity contribution in [1.82, 2.24) is 15.2 Å². The molecule has 6 nitrogen and oxygen atoms in total. The highest BCUT2D eigenvalue weighted by molar-refractivity contribution is 7.90. The zero-order valence-electron chi connectivity index (χ0n) is 20.6. The predicted octanol–water partition coefficient (Wildman–Crippen LogP) is 5.90. The van der Waals surface area contributed by atoms with Crippen LogP contribution in [0.15, 0.2) is 36.4 Å². The Balaban J connectivity index is 1.30. The largest absolute Gasteiger partial charge is 0.336 e. The SMILES string of the molecule is CC(C)(C)c1cccc(C2CCC(c3cc(Nc4ccc5c(c4F)CS(=O)(=O)CCC5)n[nH]3)C2)n1. The molecule has 0 amide bonds. The second-order valence-corrected chi connectivity index (χ2v) is 13.2. The summed E-state index contributed by atoms with van der Waals surface area (Å²) in [6, 6.07) is 11.8. The molecule has 1 aromatic carbocycles. The highest BCUT2D eigenvalue weighted by Gasteiger charge is 2.30. The van der Waals surface area contributed by atoms with E-state index in [0.29, 0.717) is 30.5 Å². The Hall–Kier alpha value is -2.74. The van der Waals surface area contributed by atoms with Crippen LogP contribution in [0, 0.1) is 5.82 Å². The van der Waals surface area contributed by atoms with Crippen molar-refractivity contribution in [2.75, 3.05) is 11.1 Å². The average Bonchev–Trinajstić information content (AvgIpc) is 3.44. The Bertz CT molecular complexity index is 1340. The first-order valence-electron chi connectivity index (χ1n) is 12.4. The van der Waals surface area contributed by atoms with Gasteiger partial charge in [0.2, 0.25) is 0 Å². The van der Waals surface area contributed by atoms with E-state index in [2.05, 4.69) is 54.5 Å². The molecular weight excluding hydrogens is 463 g/mol. The topological polar surface area (TPSA) is 87.7 Å². The standard InChI is InChI=1S/C27H33FN4O2S/c1-27(2,3)24-8-4-7-21(29-24)18-9-10-19(14-18)23-15-25(32-31-23)30-22-12-11-17-6-5-13-35(33,34)16-20(17)26(22)28/h4,7-8,11-12,15,18-19H,5-6,9-10,13-14,16H2,1-3H3,(H2,30,31,32). The Morgan fingerprint density at radius 2 is 1.91 bits per heavy atom. The number of pyridine rings is 1. The molecule has 1 fully saturated rings. The molecule has 3 heterocycles. The van der Waals surface area contributed by atoms with Gasteiger partial charge in [-0.25, -0.2) is 12.8 Å². The van der Waals surface area contributed by atoms with E-state index in [1.165, 1.54) is 0 Å². The molecule has 1 aliphatic heterocycles. The van der Waals surface area contributed by atoms with Crippen LogP contribution in [0.25, 0.3) is 0 Å². The van der Waals surface area contributed by atoms with Gasteiger partial charge in [0.15, 0.2) is 21.5 Å². The number of aryl methyl sites for hydroxylation is 1. The van der Waals surface area contributed by atoms with E-state index in [1.54, 1.807) is 6.07 Å². The number of aromatic nitrogens is 3. The minimum Gasteiger partial charge on any atom is -0.336 e. The molecular formula is C27H33FN4O2S. The fraction of sp³-hybridized carbons (Fsp3) is 0.481. The normalized spacial score (nSPS) is 21.9. The average molecular weight is 497 g/mol. The van der Waals surface area contributed by atoms with Crippen molar-refractivity contribution >= 4 is 21.3 Å². The lowest BCUT2D eigenvalue weighted by Gasteiger charge is -2.20. The van der Waals surface area contributed by atoms with Crippen LogP contribution in [0.2, 0.25) is 0 Å². The van der Waals surface area contributed by atoms with Gasteiger partial charge in [-0.05, 0) is 55.9 Å². The van der Waals surface area contributed by atoms with E-state index in [9.17, 15) is 8.42 Å². The van der Waals surface area contributed by atoms with E-state index >= 15 is 4.39 Å². The Labute approximate surface area is 206 Å². The van der Waals surface area contributed by atoms with Gasteiger partial charge in [-0.1, -0.05) is 32.9 Å². The summed E-state index contributed by atoms with van der Waals surface area (Å²) in [4.78, 5) is 4.95. The van der Waals surface area contributed by atoms with Crippen LogP contribution < -0.4 is 5.32 Å². The van der Waals surface area contributed by atoms with Gasteiger partial charge in [-0.3, -0.25) is 10.1 Å². The second-order valence-electron chi connectivity index (χ2n) is 11.0. The molecule has 2 N–H and O–H groups in total. The molecule has 0 radical (unpaired) electrons. The first kappa shape index (κ1) is 24.0. The summed E-state index contributed by atoms with van der Waals surface area (Å²) in [5, 5.41) is 10.5. The molecule has 0 saturated heterocycles. The number of rotatable bonds is 4. The quantitative estimate of drug-likeness (QED) is 0.470. The molecule has 2 atom stereocenters. The summed E-state index contributed by atoms with van der Waals surface area (Å²) in [6.45, 7) is 6.55. The van der Waals surface area contributed by atoms with Crippen molar-refractivity contribution in [3.63, 3.8) is 0 Å². The van der Waals surface area contributed by atoms with E-state index in [0.717, 1.165) is 41.9 Å². The maximum absolute atomic E-state index is 15.3. The molecule has 2 aliphatic rings. The number of nitrogens with zero attached hydrogens (tertiary/aromatic N) is 2. The lowest BCUT2D eigenvalue weighted by Crippen LogP contribution is -2.14. The number of benzene rings is 1. The van der Waals surface area contributed by atoms with Crippen molar-refractivity contribution < 1.29 is 12.8 Å². The molecule has 1 aliphatic carbocycles. The van der Waals surface area contributed by atoms with Gasteiger partial charge in [-0.15, -0.1) is 0 Å². The number of hydrogen-bond donors (Lipinski definition) is 2. The van der Waals surface area contributed by atoms with Crippen molar-refractivity contribution in [1.29, 1.82) is 0 Å². The maximum Gasteiger partial charge on any atom is 0.154 e. The number of sulfone groups is 1. The lowest BCUT2D eigenvalue weighted by atomic mass is 9.90. The van der Waals surface area contributed by atoms with Crippen LogP contribution >= 0.6 is 0 Å². The smallest absolute Gasteiger partial charge is 0.154 e. The summed E-state index contributed by atoms with van der Waals surface area (Å²) in [6.07, 6.45) is 4.21. The first-order chi connectivity index (χ1) is 16.6. The fourth-order valence-corrected chi connectivity index (χ4v) is 6.78. The first-order valence-corrected chi connectivity index (χ1v) is 14.2. The summed E-state index contributed by atoms with van der Waals surface area (Å²) in [5.41, 5.74) is 4.63. The third-order valence-electron chi connectivity index (χ3n) is 7.30. The zero-order valence-corrected chi connectivity index (χ0v) is 21.4. The van der Waals surface area contributed by atoms with Crippen LogP contribution in [0.4, 0.5) is 15.9 Å². The molecule has 35 heavy (non-hydrogen) atoms. The molecule has 1 saturated carbocycles. The zero-order chi connectivity index (χ0) is 24.8. The number of H-pyrrole nitrogens is 1. The number of halogens is 1. The highest BCUT2D eigenvalue weighted by atomic mass is 32.2. The summed E-state index contributed by atoms with van der Waals surface area (Å²) >= 11 is 0. The molecule has 8 heteroatoms. The van der Waals surface area contributed by atoms with Crippen molar-refractivity contribution in [2.24, 2.45) is 0 Å². The maximum atomic E-state index is 15.3. The summed E-state index contributed by atoms with van der Waals surface area (Å²) in [7, 11) is -3.29. The Morgan fingerprint density at radius 1 is 1.11 bits per heavy atom. The van der Waals surface area contributed by atoms with E-state index in [1.807, 2.05) is 12.1 Å². The van der Waals surface area contributed by atoms with Gasteiger partial charge in [0, 0.05) is 46.0 Å². The molecule has 186 valence electrons. The van der Waals surface area contributed by atoms with Crippen LogP contribution in [0.5, 0.6) is 0 Å². The number of hydrogen-bond acceptors (Lipinski definition) is 5. The molecule has 3 aromatic rings. The van der Waals surface area contributed by atoms with Gasteiger partial charge in [0.25, 0.3) is 0 Å². The van der Waals surface area contributed by atoms with E-state index < -0.39 is 15.7 Å². The van der Waals surface area contributed by atoms with Crippen LogP contribution in [-0.2, 0) is 27.4 Å². The van der Waals surface area contributed by atoms with Crippen LogP contribution in [0.3, 0.4) is 0 Å². The van der Waals surface area contributed by atoms with Gasteiger partial charge in [-0.2, -0.15) is 5.10 Å². The highest BCUT2D eigenvalue weighted by Crippen LogP contribution is 2.43. The van der Waals surface area contributed by atoms with Gasteiger partial charge >= 0.3 is 0 Å². The predicted molar refractivity (Wildman–Crippen MR) is 136 cm³/mol. The van der Waals surface area contributed by atoms with E-state index in [-0.39, 0.29) is 28.2 Å². The number of aromatic amines is 1. The minimum atomic E-state index is -3.29. The van der Waals surface area contributed by atoms with Crippen molar-refractivity contribution in [3.8, 4) is 0 Å². The third kappa shape index (κ3) is 5.13. The Morgan fingerprint density at radius 3 is 2.71 bits per heavy atom. The molecule has 2 aromatic heterocycles. The van der Waals surface area contributed by atoms with E-state index in [4.69, 9.17) is 4.98 Å². The molecule has 5 rings (SSSR count). The monoisotopic (exact) mass is 496 g/mol. The number of nitrogens with one attached hydrogen (secondary N) is 2. The number of fused-ring (bicyclic) bond motifs is 1. The van der Waals surface area contributed by atoms with Gasteiger partial charge in [0.05, 0.1) is 17.2 Å². The van der Waals surface area contributed by atoms with Crippen LogP contribution in [0.1, 0.15) is 86.5 Å². The third-order valence-corrected chi connectivity index (χ3v) is 8.94. The van der Waals surface area contributed by atoms with Gasteiger partial charge < -0.3 is 5.32 Å². The van der Waals surface area contributed by atoms with Crippen molar-refractivity contribution in [2.45, 2.75) is 75.9 Å². The minimum absolute atomic E-state index is 0.0211.